The van der Waals surface area contributed by atoms with Gasteiger partial charge in [0.05, 0.1) is 5.92 Å². The van der Waals surface area contributed by atoms with Crippen LogP contribution in [0.3, 0.4) is 0 Å². The van der Waals surface area contributed by atoms with E-state index in [4.69, 9.17) is 5.11 Å². The van der Waals surface area contributed by atoms with Gasteiger partial charge in [-0.05, 0) is 31.5 Å². The maximum absolute atomic E-state index is 10.9. The molecule has 2 heterocycles. The van der Waals surface area contributed by atoms with Crippen molar-refractivity contribution in [1.29, 1.82) is 0 Å². The number of nitrogens with zero attached hydrogens (tertiary/aromatic N) is 2. The van der Waals surface area contributed by atoms with Crippen LogP contribution in [0.2, 0.25) is 0 Å². The van der Waals surface area contributed by atoms with E-state index in [1.807, 2.05) is 19.3 Å². The van der Waals surface area contributed by atoms with Crippen molar-refractivity contribution in [2.45, 2.75) is 19.4 Å². The van der Waals surface area contributed by atoms with Crippen molar-refractivity contribution < 1.29 is 9.90 Å². The number of aryl methyl sites for hydroxylation is 1. The van der Waals surface area contributed by atoms with Crippen LogP contribution in [0.5, 0.6) is 0 Å². The van der Waals surface area contributed by atoms with E-state index < -0.39 is 5.97 Å². The molecular weight excluding hydrogens is 204 g/mol. The van der Waals surface area contributed by atoms with Crippen LogP contribution in [0.1, 0.15) is 18.5 Å². The quantitative estimate of drug-likeness (QED) is 0.839. The highest BCUT2D eigenvalue weighted by molar-refractivity contribution is 5.70. The van der Waals surface area contributed by atoms with Crippen LogP contribution in [0.15, 0.2) is 18.3 Å². The normalized spacial score (nSPS) is 22.2. The van der Waals surface area contributed by atoms with Crippen molar-refractivity contribution >= 4 is 5.97 Å². The monoisotopic (exact) mass is 222 g/mol. The Morgan fingerprint density at radius 3 is 3.06 bits per heavy atom. The van der Waals surface area contributed by atoms with Gasteiger partial charge in [0.2, 0.25) is 0 Å². The number of carboxylic acid groups (broad SMARTS) is 1. The van der Waals surface area contributed by atoms with Crippen molar-refractivity contribution in [3.05, 3.63) is 24.0 Å². The largest absolute Gasteiger partial charge is 0.481 e. The summed E-state index contributed by atoms with van der Waals surface area (Å²) in [7, 11) is 2.02. The molecule has 4 heteroatoms. The highest BCUT2D eigenvalue weighted by Gasteiger charge is 2.25. The molecule has 0 aromatic carbocycles. The first-order chi connectivity index (χ1) is 7.66. The van der Waals surface area contributed by atoms with Gasteiger partial charge >= 0.3 is 5.97 Å². The third-order valence-corrected chi connectivity index (χ3v) is 3.29. The minimum atomic E-state index is -0.656. The molecule has 0 aliphatic carbocycles. The van der Waals surface area contributed by atoms with E-state index >= 15 is 0 Å². The summed E-state index contributed by atoms with van der Waals surface area (Å²) >= 11 is 0. The average molecular weight is 222 g/mol. The van der Waals surface area contributed by atoms with E-state index in [-0.39, 0.29) is 5.92 Å². The van der Waals surface area contributed by atoms with Gasteiger partial charge in [0.1, 0.15) is 0 Å². The SMILES string of the molecule is Cn1cccc1CN1CCCC(C(=O)O)C1. The molecule has 1 aromatic rings. The standard InChI is InChI=1S/C12H18N2O2/c1-13-6-3-5-11(13)9-14-7-2-4-10(8-14)12(15)16/h3,5-6,10H,2,4,7-9H2,1H3,(H,15,16). The molecule has 16 heavy (non-hydrogen) atoms. The third-order valence-electron chi connectivity index (χ3n) is 3.29. The van der Waals surface area contributed by atoms with Gasteiger partial charge in [-0.3, -0.25) is 9.69 Å². The zero-order valence-corrected chi connectivity index (χ0v) is 9.59. The van der Waals surface area contributed by atoms with Gasteiger partial charge in [-0.15, -0.1) is 0 Å². The fraction of sp³-hybridized carbons (Fsp3) is 0.583. The van der Waals surface area contributed by atoms with Crippen molar-refractivity contribution in [3.63, 3.8) is 0 Å². The first-order valence-electron chi connectivity index (χ1n) is 5.72. The minimum Gasteiger partial charge on any atom is -0.481 e. The van der Waals surface area contributed by atoms with Crippen LogP contribution in [-0.4, -0.2) is 33.6 Å². The van der Waals surface area contributed by atoms with Gasteiger partial charge < -0.3 is 9.67 Å². The van der Waals surface area contributed by atoms with E-state index in [2.05, 4.69) is 15.5 Å². The number of carbonyl (C=O) groups is 1. The highest BCUT2D eigenvalue weighted by Crippen LogP contribution is 2.18. The molecule has 1 aliphatic rings. The number of aliphatic carboxylic acids is 1. The Hall–Kier alpha value is -1.29. The van der Waals surface area contributed by atoms with Crippen molar-refractivity contribution in [3.8, 4) is 0 Å². The van der Waals surface area contributed by atoms with Crippen LogP contribution < -0.4 is 0 Å². The van der Waals surface area contributed by atoms with E-state index in [0.717, 1.165) is 25.9 Å². The van der Waals surface area contributed by atoms with E-state index in [0.29, 0.717) is 6.54 Å². The summed E-state index contributed by atoms with van der Waals surface area (Å²) in [5, 5.41) is 9.00. The summed E-state index contributed by atoms with van der Waals surface area (Å²) in [6, 6.07) is 4.11. The Morgan fingerprint density at radius 1 is 1.62 bits per heavy atom. The summed E-state index contributed by atoms with van der Waals surface area (Å²) in [4.78, 5) is 13.2. The maximum Gasteiger partial charge on any atom is 0.307 e. The van der Waals surface area contributed by atoms with E-state index in [1.165, 1.54) is 5.69 Å². The molecule has 1 aliphatic heterocycles. The van der Waals surface area contributed by atoms with Crippen LogP contribution in [0.25, 0.3) is 0 Å². The molecule has 2 rings (SSSR count). The summed E-state index contributed by atoms with van der Waals surface area (Å²) in [5.41, 5.74) is 1.24. The predicted molar refractivity (Wildman–Crippen MR) is 61.0 cm³/mol. The molecule has 1 N–H and O–H groups in total. The number of aromatic nitrogens is 1. The molecule has 88 valence electrons. The third kappa shape index (κ3) is 2.44. The number of rotatable bonds is 3. The van der Waals surface area contributed by atoms with Gasteiger partial charge in [0.15, 0.2) is 0 Å². The lowest BCUT2D eigenvalue weighted by Crippen LogP contribution is -2.38. The summed E-state index contributed by atoms with van der Waals surface area (Å²) < 4.78 is 2.09. The number of piperidine rings is 1. The Balaban J connectivity index is 1.95. The molecule has 0 saturated carbocycles. The Kier molecular flexibility index (Phi) is 3.29. The molecule has 1 saturated heterocycles. The molecule has 0 spiro atoms. The fourth-order valence-corrected chi connectivity index (χ4v) is 2.29. The van der Waals surface area contributed by atoms with Crippen molar-refractivity contribution in [2.75, 3.05) is 13.1 Å². The lowest BCUT2D eigenvalue weighted by molar-refractivity contribution is -0.143. The summed E-state index contributed by atoms with van der Waals surface area (Å²) in [5.74, 6) is -0.842. The molecular formula is C12H18N2O2. The van der Waals surface area contributed by atoms with Gasteiger partial charge in [-0.1, -0.05) is 0 Å². The van der Waals surface area contributed by atoms with Crippen LogP contribution in [0.4, 0.5) is 0 Å². The topological polar surface area (TPSA) is 45.5 Å². The van der Waals surface area contributed by atoms with Crippen LogP contribution in [-0.2, 0) is 18.4 Å². The van der Waals surface area contributed by atoms with Gasteiger partial charge in [-0.2, -0.15) is 0 Å². The smallest absolute Gasteiger partial charge is 0.307 e. The zero-order valence-electron chi connectivity index (χ0n) is 9.59. The Bertz CT molecular complexity index is 373. The molecule has 0 bridgehead atoms. The molecule has 1 atom stereocenters. The summed E-state index contributed by atoms with van der Waals surface area (Å²) in [6.45, 7) is 2.54. The Morgan fingerprint density at radius 2 is 2.44 bits per heavy atom. The number of hydrogen-bond acceptors (Lipinski definition) is 2. The maximum atomic E-state index is 10.9. The summed E-state index contributed by atoms with van der Waals surface area (Å²) in [6.07, 6.45) is 3.83. The van der Waals surface area contributed by atoms with E-state index in [1.54, 1.807) is 0 Å². The first-order valence-corrected chi connectivity index (χ1v) is 5.72. The van der Waals surface area contributed by atoms with Crippen LogP contribution in [0, 0.1) is 5.92 Å². The second-order valence-corrected chi connectivity index (χ2v) is 4.52. The molecule has 1 unspecified atom stereocenters. The molecule has 0 radical (unpaired) electrons. The number of likely N-dealkylation sites (tertiary alicyclic amines) is 1. The van der Waals surface area contributed by atoms with Gasteiger partial charge in [-0.25, -0.2) is 0 Å². The molecule has 4 nitrogen and oxygen atoms in total. The van der Waals surface area contributed by atoms with Crippen molar-refractivity contribution in [2.24, 2.45) is 13.0 Å². The molecule has 1 aromatic heterocycles. The van der Waals surface area contributed by atoms with E-state index in [9.17, 15) is 4.79 Å². The van der Waals surface area contributed by atoms with Crippen LogP contribution >= 0.6 is 0 Å². The average Bonchev–Trinajstić information content (AvgIpc) is 2.65. The number of hydrogen-bond donors (Lipinski definition) is 1. The fourth-order valence-electron chi connectivity index (χ4n) is 2.29. The predicted octanol–water partition coefficient (Wildman–Crippen LogP) is 1.32. The zero-order chi connectivity index (χ0) is 11.5. The molecule has 1 fully saturated rings. The minimum absolute atomic E-state index is 0.186. The second kappa shape index (κ2) is 4.70. The van der Waals surface area contributed by atoms with Gasteiger partial charge in [0.25, 0.3) is 0 Å². The van der Waals surface area contributed by atoms with Gasteiger partial charge in [0, 0.05) is 32.0 Å². The number of carboxylic acids is 1. The lowest BCUT2D eigenvalue weighted by Gasteiger charge is -2.30. The second-order valence-electron chi connectivity index (χ2n) is 4.52. The molecule has 0 amide bonds. The highest BCUT2D eigenvalue weighted by atomic mass is 16.4. The van der Waals surface area contributed by atoms with Crippen molar-refractivity contribution in [1.82, 2.24) is 9.47 Å². The lowest BCUT2D eigenvalue weighted by atomic mass is 9.98. The first kappa shape index (κ1) is 11.2. The Labute approximate surface area is 95.5 Å².